The third-order valence-corrected chi connectivity index (χ3v) is 4.20. The number of hydrogen-bond donors (Lipinski definition) is 0. The molecule has 2 bridgehead atoms. The average Bonchev–Trinajstić information content (AvgIpc) is 2.28. The summed E-state index contributed by atoms with van der Waals surface area (Å²) in [6.45, 7) is 7.75. The van der Waals surface area contributed by atoms with Gasteiger partial charge in [-0.3, -0.25) is 14.5 Å². The number of likely N-dealkylation sites (tertiary alicyclic amines) is 1. The second-order valence-corrected chi connectivity index (χ2v) is 7.03. The number of rotatable bonds is 1. The van der Waals surface area contributed by atoms with Crippen LogP contribution < -0.4 is 0 Å². The number of carbonyl (C=O) groups is 3. The summed E-state index contributed by atoms with van der Waals surface area (Å²) in [4.78, 5) is 39.8. The van der Waals surface area contributed by atoms with Crippen LogP contribution in [0.2, 0.25) is 0 Å². The molecule has 0 spiro atoms. The van der Waals surface area contributed by atoms with E-state index in [2.05, 4.69) is 4.90 Å². The molecule has 2 aliphatic heterocycles. The number of piperidine rings is 1. The van der Waals surface area contributed by atoms with E-state index in [0.29, 0.717) is 19.5 Å². The lowest BCUT2D eigenvalue weighted by molar-refractivity contribution is -0.143. The SMILES string of the molecule is CC(=O)[C@H]1C(=O)C[C@H]2CN(C(=O)OC(C)(C)C)C[C@H]1N2C. The number of nitrogens with zero attached hydrogens (tertiary/aromatic N) is 2. The number of carbonyl (C=O) groups excluding carboxylic acids is 3. The number of Topliss-reactive ketones (excluding diaryl/α,β-unsaturated/α-hetero) is 2. The summed E-state index contributed by atoms with van der Waals surface area (Å²) in [6.07, 6.45) is -0.0569. The van der Waals surface area contributed by atoms with Crippen molar-refractivity contribution in [3.8, 4) is 0 Å². The highest BCUT2D eigenvalue weighted by atomic mass is 16.6. The summed E-state index contributed by atoms with van der Waals surface area (Å²) >= 11 is 0. The van der Waals surface area contributed by atoms with E-state index >= 15 is 0 Å². The molecule has 0 aliphatic carbocycles. The van der Waals surface area contributed by atoms with Crippen LogP contribution in [0.15, 0.2) is 0 Å². The first kappa shape index (κ1) is 15.9. The summed E-state index contributed by atoms with van der Waals surface area (Å²) in [5.74, 6) is -0.753. The van der Waals surface area contributed by atoms with Gasteiger partial charge in [-0.25, -0.2) is 4.79 Å². The van der Waals surface area contributed by atoms with Crippen molar-refractivity contribution in [2.45, 2.75) is 51.8 Å². The zero-order valence-electron chi connectivity index (χ0n) is 13.4. The van der Waals surface area contributed by atoms with Crippen molar-refractivity contribution in [3.05, 3.63) is 0 Å². The molecule has 21 heavy (non-hydrogen) atoms. The Hall–Kier alpha value is -1.43. The molecule has 0 aromatic rings. The van der Waals surface area contributed by atoms with Crippen LogP contribution in [0.1, 0.15) is 34.1 Å². The smallest absolute Gasteiger partial charge is 0.410 e. The summed E-state index contributed by atoms with van der Waals surface area (Å²) in [5, 5.41) is 0. The standard InChI is InChI=1S/C15H24N2O4/c1-9(18)13-11-8-17(14(20)21-15(2,3)4)7-10(16(11)5)6-12(13)19/h10-11,13H,6-8H2,1-5H3/t10-,11+,13+/m0/s1. The van der Waals surface area contributed by atoms with Gasteiger partial charge in [0.05, 0.1) is 5.92 Å². The first-order valence-corrected chi connectivity index (χ1v) is 7.33. The van der Waals surface area contributed by atoms with E-state index in [1.807, 2.05) is 27.8 Å². The second kappa shape index (κ2) is 5.40. The van der Waals surface area contributed by atoms with E-state index in [9.17, 15) is 14.4 Å². The Kier molecular flexibility index (Phi) is 4.10. The molecule has 6 heteroatoms. The maximum Gasteiger partial charge on any atom is 0.410 e. The second-order valence-electron chi connectivity index (χ2n) is 7.03. The lowest BCUT2D eigenvalue weighted by Gasteiger charge is -2.50. The Labute approximate surface area is 125 Å². The van der Waals surface area contributed by atoms with Gasteiger partial charge in [0.1, 0.15) is 17.2 Å². The summed E-state index contributed by atoms with van der Waals surface area (Å²) in [6, 6.07) is -0.269. The van der Waals surface area contributed by atoms with Gasteiger partial charge in [-0.05, 0) is 34.7 Å². The zero-order valence-corrected chi connectivity index (χ0v) is 13.4. The van der Waals surface area contributed by atoms with Crippen molar-refractivity contribution < 1.29 is 19.1 Å². The van der Waals surface area contributed by atoms with Crippen LogP contribution in [0.3, 0.4) is 0 Å². The van der Waals surface area contributed by atoms with Gasteiger partial charge in [0, 0.05) is 31.6 Å². The molecule has 2 fully saturated rings. The number of likely N-dealkylation sites (N-methyl/N-ethyl adjacent to an activating group) is 1. The van der Waals surface area contributed by atoms with E-state index in [-0.39, 0.29) is 29.7 Å². The number of piperazine rings is 1. The minimum absolute atomic E-state index is 0.000520. The number of ketones is 2. The van der Waals surface area contributed by atoms with Gasteiger partial charge in [0.2, 0.25) is 0 Å². The molecular weight excluding hydrogens is 272 g/mol. The highest BCUT2D eigenvalue weighted by molar-refractivity contribution is 6.03. The third kappa shape index (κ3) is 3.26. The predicted molar refractivity (Wildman–Crippen MR) is 76.9 cm³/mol. The normalized spacial score (nSPS) is 30.2. The van der Waals surface area contributed by atoms with Crippen molar-refractivity contribution in [2.24, 2.45) is 5.92 Å². The van der Waals surface area contributed by atoms with E-state index in [0.717, 1.165) is 0 Å². The van der Waals surface area contributed by atoms with Gasteiger partial charge < -0.3 is 9.64 Å². The highest BCUT2D eigenvalue weighted by Crippen LogP contribution is 2.30. The first-order chi connectivity index (χ1) is 9.60. The fraction of sp³-hybridized carbons (Fsp3) is 0.800. The fourth-order valence-corrected chi connectivity index (χ4v) is 3.18. The molecule has 118 valence electrons. The summed E-state index contributed by atoms with van der Waals surface area (Å²) in [5.41, 5.74) is -0.550. The molecule has 6 nitrogen and oxygen atoms in total. The molecular formula is C15H24N2O4. The van der Waals surface area contributed by atoms with Crippen LogP contribution in [0.25, 0.3) is 0 Å². The van der Waals surface area contributed by atoms with Crippen LogP contribution in [0, 0.1) is 5.92 Å². The van der Waals surface area contributed by atoms with Crippen molar-refractivity contribution in [2.75, 3.05) is 20.1 Å². The number of hydrogen-bond acceptors (Lipinski definition) is 5. The van der Waals surface area contributed by atoms with Gasteiger partial charge in [-0.2, -0.15) is 0 Å². The molecule has 2 heterocycles. The van der Waals surface area contributed by atoms with E-state index in [1.54, 1.807) is 4.90 Å². The lowest BCUT2D eigenvalue weighted by atomic mass is 9.80. The molecule has 0 unspecified atom stereocenters. The summed E-state index contributed by atoms with van der Waals surface area (Å²) < 4.78 is 5.40. The minimum atomic E-state index is -0.628. The van der Waals surface area contributed by atoms with Crippen molar-refractivity contribution >= 4 is 17.7 Å². The lowest BCUT2D eigenvalue weighted by Crippen LogP contribution is -2.66. The van der Waals surface area contributed by atoms with Crippen LogP contribution >= 0.6 is 0 Å². The maximum absolute atomic E-state index is 12.2. The van der Waals surface area contributed by atoms with E-state index in [4.69, 9.17) is 4.74 Å². The number of fused-ring (bicyclic) bond motifs is 2. The van der Waals surface area contributed by atoms with Crippen LogP contribution in [0.4, 0.5) is 4.79 Å². The Balaban J connectivity index is 2.16. The van der Waals surface area contributed by atoms with Gasteiger partial charge in [0.25, 0.3) is 0 Å². The number of amides is 1. The third-order valence-electron chi connectivity index (χ3n) is 4.20. The zero-order chi connectivity index (χ0) is 15.9. The summed E-state index contributed by atoms with van der Waals surface area (Å²) in [7, 11) is 1.92. The maximum atomic E-state index is 12.2. The minimum Gasteiger partial charge on any atom is -0.444 e. The van der Waals surface area contributed by atoms with E-state index in [1.165, 1.54) is 6.92 Å². The van der Waals surface area contributed by atoms with Gasteiger partial charge in [-0.15, -0.1) is 0 Å². The van der Waals surface area contributed by atoms with Crippen LogP contribution in [-0.2, 0) is 14.3 Å². The van der Waals surface area contributed by atoms with E-state index < -0.39 is 11.5 Å². The first-order valence-electron chi connectivity index (χ1n) is 7.33. The van der Waals surface area contributed by atoms with Gasteiger partial charge >= 0.3 is 6.09 Å². The van der Waals surface area contributed by atoms with Crippen molar-refractivity contribution in [3.63, 3.8) is 0 Å². The molecule has 2 saturated heterocycles. The molecule has 0 radical (unpaired) electrons. The monoisotopic (exact) mass is 296 g/mol. The molecule has 3 atom stereocenters. The molecule has 0 saturated carbocycles. The Morgan fingerprint density at radius 3 is 2.38 bits per heavy atom. The highest BCUT2D eigenvalue weighted by Gasteiger charge is 2.48. The largest absolute Gasteiger partial charge is 0.444 e. The molecule has 0 aromatic heterocycles. The van der Waals surface area contributed by atoms with Crippen molar-refractivity contribution in [1.29, 1.82) is 0 Å². The molecule has 0 N–H and O–H groups in total. The average molecular weight is 296 g/mol. The molecule has 0 aromatic carbocycles. The fourth-order valence-electron chi connectivity index (χ4n) is 3.18. The van der Waals surface area contributed by atoms with Crippen LogP contribution in [-0.4, -0.2) is 65.3 Å². The molecule has 2 rings (SSSR count). The Morgan fingerprint density at radius 2 is 1.86 bits per heavy atom. The topological polar surface area (TPSA) is 66.9 Å². The Bertz CT molecular complexity index is 469. The van der Waals surface area contributed by atoms with Crippen molar-refractivity contribution in [1.82, 2.24) is 9.80 Å². The van der Waals surface area contributed by atoms with Crippen LogP contribution in [0.5, 0.6) is 0 Å². The van der Waals surface area contributed by atoms with Gasteiger partial charge in [-0.1, -0.05) is 0 Å². The molecule has 2 aliphatic rings. The predicted octanol–water partition coefficient (Wildman–Crippen LogP) is 1.08. The number of ether oxygens (including phenoxy) is 1. The Morgan fingerprint density at radius 1 is 1.24 bits per heavy atom. The molecule has 1 amide bonds. The quantitative estimate of drug-likeness (QED) is 0.678. The van der Waals surface area contributed by atoms with Gasteiger partial charge in [0.15, 0.2) is 0 Å².